The maximum atomic E-state index is 12.4. The molecule has 1 aromatic heterocycles. The molecule has 0 fully saturated rings. The third kappa shape index (κ3) is 5.36. The highest BCUT2D eigenvalue weighted by molar-refractivity contribution is 5.91. The van der Waals surface area contributed by atoms with Crippen LogP contribution in [0.25, 0.3) is 0 Å². The molecule has 0 unspecified atom stereocenters. The van der Waals surface area contributed by atoms with E-state index in [2.05, 4.69) is 29.1 Å². The van der Waals surface area contributed by atoms with Gasteiger partial charge in [-0.1, -0.05) is 44.2 Å². The average Bonchev–Trinajstić information content (AvgIpc) is 2.55. The number of nitrogens with zero attached hydrogens (tertiary/aromatic N) is 3. The zero-order valence-electron chi connectivity index (χ0n) is 14.0. The van der Waals surface area contributed by atoms with Crippen LogP contribution >= 0.6 is 0 Å². The quantitative estimate of drug-likeness (QED) is 0.853. The molecule has 1 heterocycles. The summed E-state index contributed by atoms with van der Waals surface area (Å²) < 4.78 is 0. The molecule has 0 saturated heterocycles. The smallest absolute Gasteiger partial charge is 0.274 e. The van der Waals surface area contributed by atoms with Crippen molar-refractivity contribution >= 4 is 11.7 Å². The van der Waals surface area contributed by atoms with E-state index in [-0.39, 0.29) is 5.91 Å². The fourth-order valence-electron chi connectivity index (χ4n) is 2.14. The molecule has 1 N–H and O–H groups in total. The van der Waals surface area contributed by atoms with Gasteiger partial charge in [0, 0.05) is 20.1 Å². The fourth-order valence-corrected chi connectivity index (χ4v) is 2.14. The van der Waals surface area contributed by atoms with E-state index >= 15 is 0 Å². The largest absolute Gasteiger partial charge is 0.369 e. The van der Waals surface area contributed by atoms with E-state index in [9.17, 15) is 4.79 Å². The van der Waals surface area contributed by atoms with Crippen molar-refractivity contribution in [3.05, 3.63) is 54.0 Å². The summed E-state index contributed by atoms with van der Waals surface area (Å²) in [5.41, 5.74) is 1.45. The predicted molar refractivity (Wildman–Crippen MR) is 92.2 cm³/mol. The van der Waals surface area contributed by atoms with Crippen LogP contribution in [0.2, 0.25) is 0 Å². The van der Waals surface area contributed by atoms with Gasteiger partial charge in [0.05, 0.1) is 12.4 Å². The minimum atomic E-state index is -0.130. The summed E-state index contributed by atoms with van der Waals surface area (Å²) >= 11 is 0. The van der Waals surface area contributed by atoms with Gasteiger partial charge >= 0.3 is 0 Å². The lowest BCUT2D eigenvalue weighted by Gasteiger charge is -2.16. The number of hydrogen-bond acceptors (Lipinski definition) is 4. The van der Waals surface area contributed by atoms with Gasteiger partial charge in [0.2, 0.25) is 0 Å². The Morgan fingerprint density at radius 2 is 1.91 bits per heavy atom. The second kappa shape index (κ2) is 8.27. The monoisotopic (exact) mass is 312 g/mol. The highest BCUT2D eigenvalue weighted by Gasteiger charge is 2.14. The molecule has 2 aromatic rings. The molecule has 1 aromatic carbocycles. The molecule has 0 bridgehead atoms. The molecule has 5 heteroatoms. The Balaban J connectivity index is 1.91. The maximum Gasteiger partial charge on any atom is 0.274 e. The summed E-state index contributed by atoms with van der Waals surface area (Å²) in [7, 11) is 1.77. The zero-order valence-corrected chi connectivity index (χ0v) is 14.0. The van der Waals surface area contributed by atoms with E-state index in [1.165, 1.54) is 6.20 Å². The SMILES string of the molecule is CC(C)CCNc1cnc(C(=O)N(C)Cc2ccccc2)cn1. The van der Waals surface area contributed by atoms with Crippen molar-refractivity contribution in [3.63, 3.8) is 0 Å². The molecule has 5 nitrogen and oxygen atoms in total. The number of rotatable bonds is 7. The van der Waals surface area contributed by atoms with E-state index in [1.807, 2.05) is 30.3 Å². The summed E-state index contributed by atoms with van der Waals surface area (Å²) in [6.07, 6.45) is 4.22. The number of aromatic nitrogens is 2. The van der Waals surface area contributed by atoms with Crippen molar-refractivity contribution < 1.29 is 4.79 Å². The number of hydrogen-bond donors (Lipinski definition) is 1. The van der Waals surface area contributed by atoms with E-state index in [1.54, 1.807) is 18.1 Å². The highest BCUT2D eigenvalue weighted by Crippen LogP contribution is 2.08. The topological polar surface area (TPSA) is 58.1 Å². The molecule has 122 valence electrons. The molecule has 0 radical (unpaired) electrons. The molecule has 0 aliphatic carbocycles. The van der Waals surface area contributed by atoms with Gasteiger partial charge in [-0.05, 0) is 17.9 Å². The number of amides is 1. The number of nitrogens with one attached hydrogen (secondary N) is 1. The van der Waals surface area contributed by atoms with Gasteiger partial charge < -0.3 is 10.2 Å². The van der Waals surface area contributed by atoms with E-state index in [4.69, 9.17) is 0 Å². The van der Waals surface area contributed by atoms with Crippen molar-refractivity contribution in [1.29, 1.82) is 0 Å². The lowest BCUT2D eigenvalue weighted by atomic mass is 10.1. The summed E-state index contributed by atoms with van der Waals surface area (Å²) in [6, 6.07) is 9.88. The van der Waals surface area contributed by atoms with Crippen molar-refractivity contribution in [3.8, 4) is 0 Å². The van der Waals surface area contributed by atoms with Crippen LogP contribution in [-0.4, -0.2) is 34.4 Å². The van der Waals surface area contributed by atoms with Gasteiger partial charge in [-0.25, -0.2) is 9.97 Å². The molecule has 2 rings (SSSR count). The molecular formula is C18H24N4O. The summed E-state index contributed by atoms with van der Waals surface area (Å²) in [5, 5.41) is 3.21. The van der Waals surface area contributed by atoms with E-state index in [0.29, 0.717) is 24.0 Å². The Bertz CT molecular complexity index is 611. The minimum Gasteiger partial charge on any atom is -0.369 e. The first kappa shape index (κ1) is 16.9. The Hall–Kier alpha value is -2.43. The number of carbonyl (C=O) groups excluding carboxylic acids is 1. The van der Waals surface area contributed by atoms with Gasteiger partial charge in [-0.2, -0.15) is 0 Å². The van der Waals surface area contributed by atoms with E-state index < -0.39 is 0 Å². The highest BCUT2D eigenvalue weighted by atomic mass is 16.2. The normalized spacial score (nSPS) is 10.6. The molecule has 0 aliphatic rings. The van der Waals surface area contributed by atoms with Crippen molar-refractivity contribution in [2.45, 2.75) is 26.8 Å². The van der Waals surface area contributed by atoms with Crippen LogP contribution in [0, 0.1) is 5.92 Å². The molecule has 0 saturated carbocycles. The second-order valence-electron chi connectivity index (χ2n) is 6.04. The third-order valence-corrected chi connectivity index (χ3v) is 3.51. The van der Waals surface area contributed by atoms with Crippen molar-refractivity contribution in [2.75, 3.05) is 18.9 Å². The lowest BCUT2D eigenvalue weighted by Crippen LogP contribution is -2.27. The Morgan fingerprint density at radius 1 is 1.17 bits per heavy atom. The van der Waals surface area contributed by atoms with Crippen LogP contribution in [0.1, 0.15) is 36.3 Å². The summed E-state index contributed by atoms with van der Waals surface area (Å²) in [6.45, 7) is 5.76. The summed E-state index contributed by atoms with van der Waals surface area (Å²) in [4.78, 5) is 22.5. The second-order valence-corrected chi connectivity index (χ2v) is 6.04. The van der Waals surface area contributed by atoms with Crippen LogP contribution < -0.4 is 5.32 Å². The zero-order chi connectivity index (χ0) is 16.7. The van der Waals surface area contributed by atoms with Gasteiger partial charge in [-0.3, -0.25) is 4.79 Å². The molecule has 0 spiro atoms. The van der Waals surface area contributed by atoms with Crippen molar-refractivity contribution in [1.82, 2.24) is 14.9 Å². The van der Waals surface area contributed by atoms with Crippen LogP contribution in [0.3, 0.4) is 0 Å². The molecule has 1 amide bonds. The fraction of sp³-hybridized carbons (Fsp3) is 0.389. The molecular weight excluding hydrogens is 288 g/mol. The Labute approximate surface area is 137 Å². The number of carbonyl (C=O) groups is 1. The minimum absolute atomic E-state index is 0.130. The van der Waals surface area contributed by atoms with Crippen LogP contribution in [0.5, 0.6) is 0 Å². The first-order chi connectivity index (χ1) is 11.1. The van der Waals surface area contributed by atoms with Gasteiger partial charge in [-0.15, -0.1) is 0 Å². The van der Waals surface area contributed by atoms with Gasteiger partial charge in [0.25, 0.3) is 5.91 Å². The van der Waals surface area contributed by atoms with Crippen LogP contribution in [-0.2, 0) is 6.54 Å². The maximum absolute atomic E-state index is 12.4. The van der Waals surface area contributed by atoms with Crippen LogP contribution in [0.4, 0.5) is 5.82 Å². The standard InChI is InChI=1S/C18H24N4O/c1-14(2)9-10-19-17-12-20-16(11-21-17)18(23)22(3)13-15-7-5-4-6-8-15/h4-8,11-12,14H,9-10,13H2,1-3H3,(H,19,21). The molecule has 23 heavy (non-hydrogen) atoms. The molecule has 0 aliphatic heterocycles. The van der Waals surface area contributed by atoms with Gasteiger partial charge in [0.15, 0.2) is 0 Å². The van der Waals surface area contributed by atoms with Crippen molar-refractivity contribution in [2.24, 2.45) is 5.92 Å². The summed E-state index contributed by atoms with van der Waals surface area (Å²) in [5.74, 6) is 1.21. The average molecular weight is 312 g/mol. The first-order valence-electron chi connectivity index (χ1n) is 7.91. The Kier molecular flexibility index (Phi) is 6.09. The lowest BCUT2D eigenvalue weighted by molar-refractivity contribution is 0.0779. The van der Waals surface area contributed by atoms with Crippen LogP contribution in [0.15, 0.2) is 42.7 Å². The predicted octanol–water partition coefficient (Wildman–Crippen LogP) is 3.21. The molecule has 0 atom stereocenters. The van der Waals surface area contributed by atoms with Gasteiger partial charge in [0.1, 0.15) is 11.5 Å². The van der Waals surface area contributed by atoms with E-state index in [0.717, 1.165) is 18.5 Å². The Morgan fingerprint density at radius 3 is 2.52 bits per heavy atom. The number of benzene rings is 1. The third-order valence-electron chi connectivity index (χ3n) is 3.51. The number of anilines is 1. The first-order valence-corrected chi connectivity index (χ1v) is 7.91.